The molecule has 182 valence electrons. The Labute approximate surface area is 198 Å². The number of carbonyl (C=O) groups is 2. The van der Waals surface area contributed by atoms with E-state index in [1.807, 2.05) is 31.2 Å². The zero-order chi connectivity index (χ0) is 24.0. The molecule has 3 atom stereocenters. The fourth-order valence-corrected chi connectivity index (χ4v) is 5.65. The SMILES string of the molecule is C=NC[C@H]1COC(=O)N1C(=O)[C@H](C)[C@H](O[Si](C)(C)C)c1cccc(OCC2CCCCC2)c1. The highest BCUT2D eigenvalue weighted by atomic mass is 28.4. The molecule has 33 heavy (non-hydrogen) atoms. The van der Waals surface area contributed by atoms with Crippen molar-refractivity contribution in [2.24, 2.45) is 16.8 Å². The van der Waals surface area contributed by atoms with Crippen LogP contribution in [0.5, 0.6) is 5.75 Å². The standard InChI is InChI=1S/C25H38N2O5Si/c1-18(24(28)27-21(15-26-2)17-31-25(27)29)23(32-33(3,4)5)20-12-9-13-22(14-20)30-16-19-10-7-6-8-11-19/h9,12-14,18-19,21,23H,2,6-8,10-11,15-17H2,1,3-5H3/t18-,21+,23+/m1/s1. The van der Waals surface area contributed by atoms with Crippen molar-refractivity contribution in [2.75, 3.05) is 19.8 Å². The molecule has 0 unspecified atom stereocenters. The number of benzene rings is 1. The third kappa shape index (κ3) is 6.90. The van der Waals surface area contributed by atoms with Gasteiger partial charge in [-0.25, -0.2) is 9.69 Å². The molecule has 1 aromatic carbocycles. The van der Waals surface area contributed by atoms with Gasteiger partial charge in [-0.1, -0.05) is 38.3 Å². The van der Waals surface area contributed by atoms with Crippen LogP contribution in [0.3, 0.4) is 0 Å². The molecule has 0 spiro atoms. The van der Waals surface area contributed by atoms with E-state index in [1.54, 1.807) is 0 Å². The van der Waals surface area contributed by atoms with Gasteiger partial charge < -0.3 is 13.9 Å². The average Bonchev–Trinajstić information content (AvgIpc) is 3.15. The Morgan fingerprint density at radius 3 is 2.67 bits per heavy atom. The van der Waals surface area contributed by atoms with E-state index in [9.17, 15) is 9.59 Å². The highest BCUT2D eigenvalue weighted by molar-refractivity contribution is 6.69. The first-order chi connectivity index (χ1) is 15.7. The molecule has 3 rings (SSSR count). The molecule has 1 aromatic rings. The first-order valence-electron chi connectivity index (χ1n) is 12.0. The van der Waals surface area contributed by atoms with Crippen LogP contribution in [-0.4, -0.2) is 57.7 Å². The largest absolute Gasteiger partial charge is 0.493 e. The molecule has 1 saturated carbocycles. The number of carbonyl (C=O) groups excluding carboxylic acids is 2. The first kappa shape index (κ1) is 25.4. The van der Waals surface area contributed by atoms with E-state index in [1.165, 1.54) is 37.0 Å². The Kier molecular flexibility index (Phi) is 8.70. The predicted molar refractivity (Wildman–Crippen MR) is 131 cm³/mol. The van der Waals surface area contributed by atoms with Crippen LogP contribution in [0.4, 0.5) is 4.79 Å². The van der Waals surface area contributed by atoms with Gasteiger partial charge in [0.1, 0.15) is 12.4 Å². The Morgan fingerprint density at radius 1 is 1.27 bits per heavy atom. The highest BCUT2D eigenvalue weighted by Crippen LogP contribution is 2.34. The van der Waals surface area contributed by atoms with Crippen molar-refractivity contribution in [3.8, 4) is 5.75 Å². The van der Waals surface area contributed by atoms with Crippen molar-refractivity contribution in [3.63, 3.8) is 0 Å². The van der Waals surface area contributed by atoms with Gasteiger partial charge >= 0.3 is 6.09 Å². The summed E-state index contributed by atoms with van der Waals surface area (Å²) in [7, 11) is -2.02. The van der Waals surface area contributed by atoms with Crippen LogP contribution in [0, 0.1) is 11.8 Å². The van der Waals surface area contributed by atoms with E-state index >= 15 is 0 Å². The summed E-state index contributed by atoms with van der Waals surface area (Å²) in [5.41, 5.74) is 0.880. The number of imide groups is 1. The lowest BCUT2D eigenvalue weighted by Crippen LogP contribution is -2.45. The molecule has 1 heterocycles. The van der Waals surface area contributed by atoms with E-state index in [-0.39, 0.29) is 19.1 Å². The van der Waals surface area contributed by atoms with Crippen LogP contribution in [0.15, 0.2) is 29.3 Å². The minimum Gasteiger partial charge on any atom is -0.493 e. The fraction of sp³-hybridized carbons (Fsp3) is 0.640. The number of hydrogen-bond donors (Lipinski definition) is 0. The third-order valence-electron chi connectivity index (χ3n) is 6.26. The van der Waals surface area contributed by atoms with Gasteiger partial charge in [-0.15, -0.1) is 0 Å². The number of amides is 2. The highest BCUT2D eigenvalue weighted by Gasteiger charge is 2.42. The molecule has 1 saturated heterocycles. The Bertz CT molecular complexity index is 834. The Morgan fingerprint density at radius 2 is 2.00 bits per heavy atom. The minimum atomic E-state index is -2.02. The molecule has 2 aliphatic rings. The molecule has 1 aliphatic carbocycles. The summed E-state index contributed by atoms with van der Waals surface area (Å²) in [5.74, 6) is 0.496. The minimum absolute atomic E-state index is 0.139. The van der Waals surface area contributed by atoms with Crippen molar-refractivity contribution in [1.29, 1.82) is 0 Å². The van der Waals surface area contributed by atoms with Gasteiger partial charge in [-0.3, -0.25) is 9.79 Å². The molecule has 8 heteroatoms. The van der Waals surface area contributed by atoms with Gasteiger partial charge in [0, 0.05) is 0 Å². The summed E-state index contributed by atoms with van der Waals surface area (Å²) in [6.45, 7) is 12.7. The summed E-state index contributed by atoms with van der Waals surface area (Å²) in [4.78, 5) is 30.8. The third-order valence-corrected chi connectivity index (χ3v) is 7.22. The van der Waals surface area contributed by atoms with Crippen LogP contribution in [0.25, 0.3) is 0 Å². The molecular formula is C25H38N2O5Si. The van der Waals surface area contributed by atoms with E-state index in [0.717, 1.165) is 11.3 Å². The molecule has 0 aromatic heterocycles. The quantitative estimate of drug-likeness (QED) is 0.343. The van der Waals surface area contributed by atoms with E-state index in [0.29, 0.717) is 12.5 Å². The maximum absolute atomic E-state index is 13.4. The lowest BCUT2D eigenvalue weighted by molar-refractivity contribution is -0.136. The monoisotopic (exact) mass is 474 g/mol. The lowest BCUT2D eigenvalue weighted by atomic mass is 9.90. The second-order valence-electron chi connectivity index (χ2n) is 10.2. The predicted octanol–water partition coefficient (Wildman–Crippen LogP) is 5.22. The van der Waals surface area contributed by atoms with Gasteiger partial charge in [0.05, 0.1) is 31.2 Å². The van der Waals surface area contributed by atoms with Gasteiger partial charge in [0.25, 0.3) is 0 Å². The zero-order valence-corrected chi connectivity index (χ0v) is 21.4. The zero-order valence-electron chi connectivity index (χ0n) is 20.4. The number of nitrogens with zero attached hydrogens (tertiary/aromatic N) is 2. The molecule has 0 N–H and O–H groups in total. The topological polar surface area (TPSA) is 77.4 Å². The van der Waals surface area contributed by atoms with Gasteiger partial charge in [-0.2, -0.15) is 0 Å². The maximum atomic E-state index is 13.4. The van der Waals surface area contributed by atoms with E-state index in [2.05, 4.69) is 31.4 Å². The van der Waals surface area contributed by atoms with Crippen molar-refractivity contribution < 1.29 is 23.5 Å². The average molecular weight is 475 g/mol. The first-order valence-corrected chi connectivity index (χ1v) is 15.4. The van der Waals surface area contributed by atoms with Crippen LogP contribution in [0.2, 0.25) is 19.6 Å². The van der Waals surface area contributed by atoms with Crippen LogP contribution in [0.1, 0.15) is 50.7 Å². The van der Waals surface area contributed by atoms with Gasteiger partial charge in [0.2, 0.25) is 5.91 Å². The summed E-state index contributed by atoms with van der Waals surface area (Å²) < 4.78 is 17.8. The molecule has 1 aliphatic heterocycles. The molecule has 2 amide bonds. The van der Waals surface area contributed by atoms with Crippen LogP contribution < -0.4 is 4.74 Å². The summed E-state index contributed by atoms with van der Waals surface area (Å²) >= 11 is 0. The second-order valence-corrected chi connectivity index (χ2v) is 14.6. The van der Waals surface area contributed by atoms with Crippen molar-refractivity contribution in [3.05, 3.63) is 29.8 Å². The molecule has 7 nitrogen and oxygen atoms in total. The van der Waals surface area contributed by atoms with E-state index < -0.39 is 32.5 Å². The smallest absolute Gasteiger partial charge is 0.417 e. The molecule has 0 radical (unpaired) electrons. The van der Waals surface area contributed by atoms with Crippen LogP contribution >= 0.6 is 0 Å². The number of hydrogen-bond acceptors (Lipinski definition) is 6. The maximum Gasteiger partial charge on any atom is 0.417 e. The van der Waals surface area contributed by atoms with Crippen LogP contribution in [-0.2, 0) is 14.0 Å². The molecule has 0 bridgehead atoms. The van der Waals surface area contributed by atoms with Gasteiger partial charge in [-0.05, 0) is 62.8 Å². The Balaban J connectivity index is 1.79. The van der Waals surface area contributed by atoms with Crippen molar-refractivity contribution in [2.45, 2.75) is 70.8 Å². The number of aliphatic imine (C=N–C) groups is 1. The van der Waals surface area contributed by atoms with Crippen molar-refractivity contribution >= 4 is 27.0 Å². The normalized spacial score (nSPS) is 21.4. The number of cyclic esters (lactones) is 1. The molecule has 2 fully saturated rings. The number of rotatable bonds is 10. The summed E-state index contributed by atoms with van der Waals surface area (Å²) in [6, 6.07) is 7.41. The lowest BCUT2D eigenvalue weighted by Gasteiger charge is -2.33. The summed E-state index contributed by atoms with van der Waals surface area (Å²) in [5, 5.41) is 0. The van der Waals surface area contributed by atoms with Gasteiger partial charge in [0.15, 0.2) is 8.32 Å². The number of ether oxygens (including phenoxy) is 2. The fourth-order valence-electron chi connectivity index (χ4n) is 4.55. The second kappa shape index (κ2) is 11.3. The molecular weight excluding hydrogens is 436 g/mol. The summed E-state index contributed by atoms with van der Waals surface area (Å²) in [6.07, 6.45) is 5.20. The Hall–Kier alpha value is -2.19. The van der Waals surface area contributed by atoms with E-state index in [4.69, 9.17) is 13.9 Å². The van der Waals surface area contributed by atoms with Crippen molar-refractivity contribution in [1.82, 2.24) is 4.90 Å².